The summed E-state index contributed by atoms with van der Waals surface area (Å²) >= 11 is 6.92. The molecule has 0 saturated heterocycles. The number of alkyl halides is 1. The minimum absolute atomic E-state index is 0.0330. The highest BCUT2D eigenvalue weighted by Crippen LogP contribution is 2.66. The van der Waals surface area contributed by atoms with Crippen molar-refractivity contribution in [2.24, 2.45) is 16.6 Å². The van der Waals surface area contributed by atoms with Crippen molar-refractivity contribution in [3.8, 4) is 0 Å². The Kier molecular flexibility index (Phi) is 5.68. The number of carbonyl (C=O) groups excluding carboxylic acids is 1. The molecule has 1 aromatic carbocycles. The molecule has 0 spiro atoms. The number of nitrogens with one attached hydrogen (secondary N) is 1. The number of carboxylic acid groups (broad SMARTS) is 1. The van der Waals surface area contributed by atoms with Crippen molar-refractivity contribution in [1.82, 2.24) is 4.98 Å². The highest BCUT2D eigenvalue weighted by molar-refractivity contribution is 8.15. The Bertz CT molecular complexity index is 1160. The third kappa shape index (κ3) is 3.95. The molecule has 32 heavy (non-hydrogen) atoms. The number of hydrogen-bond donors (Lipinski definition) is 3. The van der Waals surface area contributed by atoms with Gasteiger partial charge in [0, 0.05) is 34.2 Å². The SMILES string of the molecule is NC1=N[C@](CF)(c2cc(NC(=O)c3ccc(Cl)cn3)ccc2F)[C@@H]2C[C@]2(/C=C/C(=O)O)S1. The molecular formula is C21H17ClF2N4O3S. The van der Waals surface area contributed by atoms with Gasteiger partial charge in [-0.25, -0.2) is 23.6 Å². The Morgan fingerprint density at radius 1 is 1.38 bits per heavy atom. The fraction of sp³-hybridized carbons (Fsp3) is 0.238. The minimum atomic E-state index is -1.64. The molecule has 1 aliphatic carbocycles. The van der Waals surface area contributed by atoms with Crippen molar-refractivity contribution in [2.75, 3.05) is 12.0 Å². The van der Waals surface area contributed by atoms with Crippen molar-refractivity contribution in [2.45, 2.75) is 16.7 Å². The molecule has 1 saturated carbocycles. The van der Waals surface area contributed by atoms with Crippen LogP contribution >= 0.6 is 23.4 Å². The normalized spacial score (nSPS) is 26.3. The Labute approximate surface area is 190 Å². The number of rotatable bonds is 6. The summed E-state index contributed by atoms with van der Waals surface area (Å²) < 4.78 is 28.7. The fourth-order valence-corrected chi connectivity index (χ4v) is 5.38. The van der Waals surface area contributed by atoms with E-state index in [2.05, 4.69) is 15.3 Å². The Hall–Kier alpha value is -2.98. The third-order valence-electron chi connectivity index (χ3n) is 5.50. The fourth-order valence-electron chi connectivity index (χ4n) is 3.95. The first kappa shape index (κ1) is 22.2. The van der Waals surface area contributed by atoms with Crippen LogP contribution in [0.25, 0.3) is 0 Å². The smallest absolute Gasteiger partial charge is 0.328 e. The number of aliphatic carboxylic acids is 1. The molecule has 3 atom stereocenters. The molecule has 7 nitrogen and oxygen atoms in total. The number of carboxylic acids is 1. The van der Waals surface area contributed by atoms with E-state index in [1.54, 1.807) is 0 Å². The number of pyridine rings is 1. The summed E-state index contributed by atoms with van der Waals surface area (Å²) in [4.78, 5) is 31.6. The van der Waals surface area contributed by atoms with E-state index >= 15 is 0 Å². The molecule has 2 aromatic rings. The molecule has 4 rings (SSSR count). The highest BCUT2D eigenvalue weighted by atomic mass is 35.5. The zero-order chi connectivity index (χ0) is 23.1. The van der Waals surface area contributed by atoms with Crippen LogP contribution in [0.5, 0.6) is 0 Å². The van der Waals surface area contributed by atoms with Gasteiger partial charge in [0.1, 0.15) is 23.7 Å². The van der Waals surface area contributed by atoms with E-state index in [-0.39, 0.29) is 22.1 Å². The lowest BCUT2D eigenvalue weighted by Crippen LogP contribution is -2.39. The van der Waals surface area contributed by atoms with E-state index in [0.717, 1.165) is 23.9 Å². The lowest BCUT2D eigenvalue weighted by atomic mass is 9.84. The van der Waals surface area contributed by atoms with Crippen molar-refractivity contribution >= 4 is 46.1 Å². The summed E-state index contributed by atoms with van der Waals surface area (Å²) in [5.41, 5.74) is 4.55. The first-order valence-electron chi connectivity index (χ1n) is 9.44. The van der Waals surface area contributed by atoms with E-state index in [0.29, 0.717) is 11.4 Å². The monoisotopic (exact) mass is 478 g/mol. The number of aliphatic imine (C=N–C) groups is 1. The van der Waals surface area contributed by atoms with Gasteiger partial charge >= 0.3 is 5.97 Å². The number of hydrogen-bond acceptors (Lipinski definition) is 6. The molecule has 1 fully saturated rings. The zero-order valence-corrected chi connectivity index (χ0v) is 18.0. The van der Waals surface area contributed by atoms with Gasteiger partial charge in [-0.2, -0.15) is 0 Å². The van der Waals surface area contributed by atoms with Crippen LogP contribution in [0.15, 0.2) is 53.7 Å². The van der Waals surface area contributed by atoms with Crippen molar-refractivity contribution in [3.63, 3.8) is 0 Å². The van der Waals surface area contributed by atoms with Crippen LogP contribution in [-0.2, 0) is 10.3 Å². The number of amidine groups is 1. The second-order valence-corrected chi connectivity index (χ2v) is 9.32. The van der Waals surface area contributed by atoms with Gasteiger partial charge in [-0.15, -0.1) is 0 Å². The van der Waals surface area contributed by atoms with Gasteiger partial charge in [0.25, 0.3) is 5.91 Å². The maximum Gasteiger partial charge on any atom is 0.328 e. The predicted molar refractivity (Wildman–Crippen MR) is 118 cm³/mol. The van der Waals surface area contributed by atoms with E-state index < -0.39 is 40.6 Å². The van der Waals surface area contributed by atoms with Crippen LogP contribution in [0.1, 0.15) is 22.5 Å². The van der Waals surface area contributed by atoms with Crippen LogP contribution in [0.3, 0.4) is 0 Å². The van der Waals surface area contributed by atoms with Crippen molar-refractivity contribution in [1.29, 1.82) is 0 Å². The number of fused-ring (bicyclic) bond motifs is 1. The van der Waals surface area contributed by atoms with Crippen LogP contribution in [-0.4, -0.2) is 38.6 Å². The number of aromatic nitrogens is 1. The van der Waals surface area contributed by atoms with Gasteiger partial charge in [0.2, 0.25) is 0 Å². The molecule has 0 unspecified atom stereocenters. The van der Waals surface area contributed by atoms with E-state index in [1.165, 1.54) is 36.5 Å². The van der Waals surface area contributed by atoms with E-state index in [1.807, 2.05) is 0 Å². The summed E-state index contributed by atoms with van der Waals surface area (Å²) in [6, 6.07) is 6.71. The molecule has 1 amide bonds. The quantitative estimate of drug-likeness (QED) is 0.544. The Morgan fingerprint density at radius 2 is 2.16 bits per heavy atom. The topological polar surface area (TPSA) is 118 Å². The number of nitrogens with zero attached hydrogens (tertiary/aromatic N) is 2. The molecule has 0 radical (unpaired) electrons. The molecular weight excluding hydrogens is 462 g/mol. The number of carbonyl (C=O) groups is 2. The van der Waals surface area contributed by atoms with Gasteiger partial charge in [-0.1, -0.05) is 29.4 Å². The van der Waals surface area contributed by atoms with Crippen molar-refractivity contribution < 1.29 is 23.5 Å². The van der Waals surface area contributed by atoms with Crippen LogP contribution in [0.4, 0.5) is 14.5 Å². The summed E-state index contributed by atoms with van der Waals surface area (Å²) in [6.45, 7) is -1.05. The number of nitrogens with two attached hydrogens (primary N) is 1. The number of anilines is 1. The van der Waals surface area contributed by atoms with Gasteiger partial charge in [0.05, 0.1) is 5.02 Å². The van der Waals surface area contributed by atoms with Gasteiger partial charge in [-0.3, -0.25) is 4.79 Å². The molecule has 4 N–H and O–H groups in total. The van der Waals surface area contributed by atoms with E-state index in [4.69, 9.17) is 22.4 Å². The summed E-state index contributed by atoms with van der Waals surface area (Å²) in [7, 11) is 0. The first-order chi connectivity index (χ1) is 15.2. The molecule has 1 aliphatic heterocycles. The van der Waals surface area contributed by atoms with Gasteiger partial charge in [-0.05, 0) is 36.8 Å². The molecule has 1 aromatic heterocycles. The maximum absolute atomic E-state index is 14.9. The Balaban J connectivity index is 1.69. The summed E-state index contributed by atoms with van der Waals surface area (Å²) in [6.07, 6.45) is 4.12. The summed E-state index contributed by atoms with van der Waals surface area (Å²) in [5.74, 6) is -2.92. The van der Waals surface area contributed by atoms with Crippen LogP contribution < -0.4 is 11.1 Å². The maximum atomic E-state index is 14.9. The first-order valence-corrected chi connectivity index (χ1v) is 10.6. The minimum Gasteiger partial charge on any atom is -0.478 e. The number of benzene rings is 1. The standard InChI is InChI=1S/C21H17ClF2N4O3S/c22-11-1-4-15(26-9-11)18(31)27-12-2-3-14(24)13(7-12)21(10-23)16-8-20(16,6-5-17(29)30)32-19(25)28-21/h1-7,9,16H,8,10H2,(H2,25,28)(H,27,31)(H,29,30)/b6-5+/t16-,20+,21-/m1/s1. The van der Waals surface area contributed by atoms with Crippen LogP contribution in [0, 0.1) is 11.7 Å². The predicted octanol–water partition coefficient (Wildman–Crippen LogP) is 3.75. The number of halogens is 3. The zero-order valence-electron chi connectivity index (χ0n) is 16.4. The number of thioether (sulfide) groups is 1. The largest absolute Gasteiger partial charge is 0.478 e. The highest BCUT2D eigenvalue weighted by Gasteiger charge is 2.67. The van der Waals surface area contributed by atoms with Gasteiger partial charge in [0.15, 0.2) is 5.17 Å². The second-order valence-electron chi connectivity index (χ2n) is 7.50. The number of amides is 1. The lowest BCUT2D eigenvalue weighted by molar-refractivity contribution is -0.131. The molecule has 0 bridgehead atoms. The third-order valence-corrected chi connectivity index (χ3v) is 6.99. The van der Waals surface area contributed by atoms with Gasteiger partial charge < -0.3 is 16.2 Å². The average Bonchev–Trinajstić information content (AvgIpc) is 3.48. The summed E-state index contributed by atoms with van der Waals surface area (Å²) in [5, 5.41) is 12.0. The van der Waals surface area contributed by atoms with Crippen molar-refractivity contribution in [3.05, 3.63) is 70.8 Å². The molecule has 11 heteroatoms. The molecule has 2 aliphatic rings. The Morgan fingerprint density at radius 3 is 2.81 bits per heavy atom. The second kappa shape index (κ2) is 8.18. The lowest BCUT2D eigenvalue weighted by Gasteiger charge is -2.34. The average molecular weight is 479 g/mol. The van der Waals surface area contributed by atoms with E-state index in [9.17, 15) is 18.4 Å². The molecule has 166 valence electrons. The van der Waals surface area contributed by atoms with Crippen LogP contribution in [0.2, 0.25) is 5.02 Å². The molecule has 2 heterocycles.